The van der Waals surface area contributed by atoms with Gasteiger partial charge in [0.2, 0.25) is 5.91 Å². The first kappa shape index (κ1) is 16.8. The Labute approximate surface area is 120 Å². The van der Waals surface area contributed by atoms with Gasteiger partial charge in [0.25, 0.3) is 0 Å². The van der Waals surface area contributed by atoms with Crippen molar-refractivity contribution < 1.29 is 14.6 Å². The van der Waals surface area contributed by atoms with Gasteiger partial charge in [-0.3, -0.25) is 9.69 Å². The Morgan fingerprint density at radius 1 is 1.42 bits per heavy atom. The van der Waals surface area contributed by atoms with Gasteiger partial charge in [-0.2, -0.15) is 11.8 Å². The number of hydrogen-bond donors (Lipinski definition) is 1. The van der Waals surface area contributed by atoms with Crippen LogP contribution in [0.25, 0.3) is 0 Å². The maximum absolute atomic E-state index is 12.3. The molecule has 1 rings (SSSR count). The van der Waals surface area contributed by atoms with E-state index in [9.17, 15) is 4.79 Å². The fraction of sp³-hybridized carbons (Fsp3) is 0.923. The molecule has 1 aliphatic heterocycles. The number of nitrogens with zero attached hydrogens (tertiary/aromatic N) is 2. The minimum Gasteiger partial charge on any atom is -0.395 e. The predicted octanol–water partition coefficient (Wildman–Crippen LogP) is 0.139. The van der Waals surface area contributed by atoms with Crippen molar-refractivity contribution in [3.8, 4) is 0 Å². The van der Waals surface area contributed by atoms with E-state index >= 15 is 0 Å². The number of ether oxygens (including phenoxy) is 1. The van der Waals surface area contributed by atoms with E-state index in [1.807, 2.05) is 13.2 Å². The summed E-state index contributed by atoms with van der Waals surface area (Å²) in [6.07, 6.45) is 2.01. The molecule has 0 aromatic heterocycles. The third kappa shape index (κ3) is 6.12. The quantitative estimate of drug-likeness (QED) is 0.689. The predicted molar refractivity (Wildman–Crippen MR) is 78.5 cm³/mol. The van der Waals surface area contributed by atoms with Crippen LogP contribution in [0.4, 0.5) is 0 Å². The van der Waals surface area contributed by atoms with Gasteiger partial charge in [-0.05, 0) is 6.26 Å². The Kier molecular flexibility index (Phi) is 8.45. The van der Waals surface area contributed by atoms with Crippen molar-refractivity contribution in [3.05, 3.63) is 0 Å². The number of aliphatic hydroxyl groups excluding tert-OH is 1. The maximum atomic E-state index is 12.3. The van der Waals surface area contributed by atoms with Gasteiger partial charge in [0.1, 0.15) is 0 Å². The van der Waals surface area contributed by atoms with Crippen molar-refractivity contribution in [2.45, 2.75) is 6.92 Å². The molecule has 6 heteroatoms. The van der Waals surface area contributed by atoms with Gasteiger partial charge >= 0.3 is 0 Å². The van der Waals surface area contributed by atoms with Gasteiger partial charge in [-0.25, -0.2) is 0 Å². The van der Waals surface area contributed by atoms with Gasteiger partial charge in [-0.15, -0.1) is 0 Å². The fourth-order valence-electron chi connectivity index (χ4n) is 2.17. The second kappa shape index (κ2) is 9.58. The number of carbonyl (C=O) groups excluding carboxylic acids is 1. The molecule has 112 valence electrons. The van der Waals surface area contributed by atoms with Crippen LogP contribution in [0, 0.1) is 5.92 Å². The van der Waals surface area contributed by atoms with Gasteiger partial charge in [-0.1, -0.05) is 6.92 Å². The van der Waals surface area contributed by atoms with Crippen LogP contribution in [0.3, 0.4) is 0 Å². The zero-order chi connectivity index (χ0) is 14.1. The van der Waals surface area contributed by atoms with E-state index in [0.29, 0.717) is 13.1 Å². The number of aliphatic hydroxyl groups is 1. The molecule has 1 atom stereocenters. The summed E-state index contributed by atoms with van der Waals surface area (Å²) >= 11 is 1.68. The number of morpholine rings is 1. The molecule has 5 nitrogen and oxygen atoms in total. The van der Waals surface area contributed by atoms with Crippen LogP contribution >= 0.6 is 11.8 Å². The molecule has 0 saturated carbocycles. The lowest BCUT2D eigenvalue weighted by Gasteiger charge is -2.31. The summed E-state index contributed by atoms with van der Waals surface area (Å²) in [5, 5.41) is 9.10. The summed E-state index contributed by atoms with van der Waals surface area (Å²) in [5.41, 5.74) is 0. The average molecular weight is 290 g/mol. The second-order valence-electron chi connectivity index (χ2n) is 4.86. The molecule has 0 aromatic rings. The van der Waals surface area contributed by atoms with Gasteiger partial charge in [0, 0.05) is 44.4 Å². The van der Waals surface area contributed by atoms with E-state index < -0.39 is 0 Å². The van der Waals surface area contributed by atoms with Gasteiger partial charge in [0.15, 0.2) is 0 Å². The Morgan fingerprint density at radius 2 is 2.11 bits per heavy atom. The first-order chi connectivity index (χ1) is 9.19. The molecule has 0 bridgehead atoms. The summed E-state index contributed by atoms with van der Waals surface area (Å²) in [4.78, 5) is 16.3. The lowest BCUT2D eigenvalue weighted by atomic mass is 10.2. The Bertz CT molecular complexity index is 260. The SMILES string of the molecule is CSC[C@@H](C)C(=O)N(CCO)CCN1CCOCC1. The molecule has 0 aliphatic carbocycles. The Morgan fingerprint density at radius 3 is 2.68 bits per heavy atom. The number of hydrogen-bond acceptors (Lipinski definition) is 5. The molecular formula is C13H26N2O3S. The summed E-state index contributed by atoms with van der Waals surface area (Å²) in [7, 11) is 0. The maximum Gasteiger partial charge on any atom is 0.226 e. The molecule has 0 aromatic carbocycles. The Balaban J connectivity index is 2.39. The molecule has 0 radical (unpaired) electrons. The zero-order valence-corrected chi connectivity index (χ0v) is 12.8. The number of thioether (sulfide) groups is 1. The van der Waals surface area contributed by atoms with Crippen LogP contribution in [0.5, 0.6) is 0 Å². The molecule has 0 spiro atoms. The standard InChI is InChI=1S/C13H26N2O3S/c1-12(11-19-2)13(17)15(5-8-16)4-3-14-6-9-18-10-7-14/h12,16H,3-11H2,1-2H3/t12-/m1/s1. The van der Waals surface area contributed by atoms with E-state index in [1.165, 1.54) is 0 Å². The fourth-order valence-corrected chi connectivity index (χ4v) is 2.82. The highest BCUT2D eigenvalue weighted by Gasteiger charge is 2.20. The normalized spacial score (nSPS) is 18.3. The van der Waals surface area contributed by atoms with E-state index in [2.05, 4.69) is 4.90 Å². The second-order valence-corrected chi connectivity index (χ2v) is 5.77. The number of carbonyl (C=O) groups is 1. The van der Waals surface area contributed by atoms with Crippen molar-refractivity contribution >= 4 is 17.7 Å². The van der Waals surface area contributed by atoms with Gasteiger partial charge in [0.05, 0.1) is 19.8 Å². The highest BCUT2D eigenvalue weighted by atomic mass is 32.2. The lowest BCUT2D eigenvalue weighted by Crippen LogP contribution is -2.45. The van der Waals surface area contributed by atoms with Crippen LogP contribution in [0.15, 0.2) is 0 Å². The van der Waals surface area contributed by atoms with E-state index in [4.69, 9.17) is 9.84 Å². The largest absolute Gasteiger partial charge is 0.395 e. The molecular weight excluding hydrogens is 264 g/mol. The molecule has 1 N–H and O–H groups in total. The van der Waals surface area contributed by atoms with Crippen molar-refractivity contribution in [2.24, 2.45) is 5.92 Å². The smallest absolute Gasteiger partial charge is 0.226 e. The summed E-state index contributed by atoms with van der Waals surface area (Å²) < 4.78 is 5.31. The minimum absolute atomic E-state index is 0.0197. The molecule has 0 unspecified atom stereocenters. The summed E-state index contributed by atoms with van der Waals surface area (Å²) in [5.74, 6) is 1.00. The Hall–Kier alpha value is -0.300. The lowest BCUT2D eigenvalue weighted by molar-refractivity contribution is -0.135. The van der Waals surface area contributed by atoms with Crippen molar-refractivity contribution in [1.82, 2.24) is 9.80 Å². The zero-order valence-electron chi connectivity index (χ0n) is 12.0. The molecule has 1 amide bonds. The van der Waals surface area contributed by atoms with Crippen molar-refractivity contribution in [3.63, 3.8) is 0 Å². The third-order valence-corrected chi connectivity index (χ3v) is 4.14. The number of amides is 1. The highest BCUT2D eigenvalue weighted by molar-refractivity contribution is 7.98. The van der Waals surface area contributed by atoms with Crippen LogP contribution in [-0.2, 0) is 9.53 Å². The molecule has 19 heavy (non-hydrogen) atoms. The minimum atomic E-state index is 0.0197. The topological polar surface area (TPSA) is 53.0 Å². The molecule has 1 heterocycles. The molecule has 1 aliphatic rings. The highest BCUT2D eigenvalue weighted by Crippen LogP contribution is 2.09. The monoisotopic (exact) mass is 290 g/mol. The third-order valence-electron chi connectivity index (χ3n) is 3.31. The summed E-state index contributed by atoms with van der Waals surface area (Å²) in [6, 6.07) is 0. The average Bonchev–Trinajstić information content (AvgIpc) is 2.44. The van der Waals surface area contributed by atoms with Crippen molar-refractivity contribution in [2.75, 3.05) is 64.6 Å². The first-order valence-electron chi connectivity index (χ1n) is 6.87. The van der Waals surface area contributed by atoms with E-state index in [1.54, 1.807) is 16.7 Å². The van der Waals surface area contributed by atoms with Crippen LogP contribution in [0.2, 0.25) is 0 Å². The first-order valence-corrected chi connectivity index (χ1v) is 8.27. The molecule has 1 fully saturated rings. The van der Waals surface area contributed by atoms with Gasteiger partial charge < -0.3 is 14.7 Å². The number of rotatable bonds is 8. The van der Waals surface area contributed by atoms with Crippen LogP contribution < -0.4 is 0 Å². The van der Waals surface area contributed by atoms with Crippen molar-refractivity contribution in [1.29, 1.82) is 0 Å². The molecule has 1 saturated heterocycles. The van der Waals surface area contributed by atoms with Crippen LogP contribution in [-0.4, -0.2) is 85.4 Å². The van der Waals surface area contributed by atoms with Crippen LogP contribution in [0.1, 0.15) is 6.92 Å². The summed E-state index contributed by atoms with van der Waals surface area (Å²) in [6.45, 7) is 7.39. The van der Waals surface area contributed by atoms with E-state index in [0.717, 1.165) is 38.6 Å². The van der Waals surface area contributed by atoms with E-state index in [-0.39, 0.29) is 18.4 Å².